The minimum Gasteiger partial charge on any atom is -0.313 e. The maximum Gasteiger partial charge on any atom is 0.00992 e. The summed E-state index contributed by atoms with van der Waals surface area (Å²) in [7, 11) is 0. The molecular formula is C14H21N. The number of rotatable bonds is 6. The molecule has 1 aliphatic rings. The first-order valence-corrected chi connectivity index (χ1v) is 6.17. The molecule has 82 valence electrons. The van der Waals surface area contributed by atoms with Gasteiger partial charge in [-0.3, -0.25) is 0 Å². The van der Waals surface area contributed by atoms with Gasteiger partial charge in [-0.2, -0.15) is 0 Å². The van der Waals surface area contributed by atoms with E-state index < -0.39 is 0 Å². The molecule has 0 radical (unpaired) electrons. The van der Waals surface area contributed by atoms with Crippen LogP contribution in [-0.4, -0.2) is 12.6 Å². The van der Waals surface area contributed by atoms with Gasteiger partial charge in [-0.25, -0.2) is 0 Å². The highest BCUT2D eigenvalue weighted by molar-refractivity contribution is 5.14. The summed E-state index contributed by atoms with van der Waals surface area (Å²) in [5, 5.41) is 3.64. The monoisotopic (exact) mass is 203 g/mol. The lowest BCUT2D eigenvalue weighted by Crippen LogP contribution is -2.21. The van der Waals surface area contributed by atoms with Crippen LogP contribution in [0.4, 0.5) is 0 Å². The van der Waals surface area contributed by atoms with E-state index in [4.69, 9.17) is 0 Å². The van der Waals surface area contributed by atoms with Crippen LogP contribution in [0.2, 0.25) is 0 Å². The fourth-order valence-corrected chi connectivity index (χ4v) is 2.23. The van der Waals surface area contributed by atoms with Crippen molar-refractivity contribution in [2.75, 3.05) is 6.54 Å². The third kappa shape index (κ3) is 3.35. The highest BCUT2D eigenvalue weighted by Gasteiger charge is 2.34. The smallest absolute Gasteiger partial charge is 0.00992 e. The van der Waals surface area contributed by atoms with Crippen LogP contribution in [0.25, 0.3) is 0 Å². The molecule has 1 fully saturated rings. The first kappa shape index (κ1) is 10.7. The molecule has 0 aromatic heterocycles. The standard InChI is InChI=1S/C14H21N/c1-2-6-13-11-14(13)15-10-9-12-7-4-3-5-8-12/h3-5,7-8,13-15H,2,6,9-11H2,1H3. The molecule has 0 saturated heterocycles. The average molecular weight is 203 g/mol. The molecule has 1 heteroatoms. The zero-order valence-electron chi connectivity index (χ0n) is 9.58. The molecule has 0 bridgehead atoms. The molecule has 1 saturated carbocycles. The van der Waals surface area contributed by atoms with E-state index in [1.54, 1.807) is 0 Å². The molecule has 2 rings (SSSR count). The Kier molecular flexibility index (Phi) is 3.79. The van der Waals surface area contributed by atoms with Crippen LogP contribution in [0, 0.1) is 5.92 Å². The molecule has 15 heavy (non-hydrogen) atoms. The minimum absolute atomic E-state index is 0.827. The molecule has 1 aromatic rings. The Morgan fingerprint density at radius 3 is 2.80 bits per heavy atom. The summed E-state index contributed by atoms with van der Waals surface area (Å²) in [4.78, 5) is 0. The van der Waals surface area contributed by atoms with Gasteiger partial charge in [-0.1, -0.05) is 43.7 Å². The second-order valence-electron chi connectivity index (χ2n) is 4.58. The molecule has 1 nitrogen and oxygen atoms in total. The van der Waals surface area contributed by atoms with Crippen molar-refractivity contribution in [3.8, 4) is 0 Å². The van der Waals surface area contributed by atoms with Gasteiger partial charge in [0.1, 0.15) is 0 Å². The van der Waals surface area contributed by atoms with Crippen molar-refractivity contribution in [3.05, 3.63) is 35.9 Å². The predicted octanol–water partition coefficient (Wildman–Crippen LogP) is 3.01. The fraction of sp³-hybridized carbons (Fsp3) is 0.571. The van der Waals surface area contributed by atoms with Crippen LogP contribution in [0.1, 0.15) is 31.7 Å². The summed E-state index contributed by atoms with van der Waals surface area (Å²) in [6.45, 7) is 3.41. The Balaban J connectivity index is 1.60. The van der Waals surface area contributed by atoms with Gasteiger partial charge < -0.3 is 5.32 Å². The van der Waals surface area contributed by atoms with Gasteiger partial charge in [0.15, 0.2) is 0 Å². The summed E-state index contributed by atoms with van der Waals surface area (Å²) in [6, 6.07) is 11.6. The molecule has 1 aliphatic carbocycles. The lowest BCUT2D eigenvalue weighted by Gasteiger charge is -2.03. The molecule has 1 N–H and O–H groups in total. The number of hydrogen-bond acceptors (Lipinski definition) is 1. The quantitative estimate of drug-likeness (QED) is 0.749. The Hall–Kier alpha value is -0.820. The Labute approximate surface area is 92.9 Å². The van der Waals surface area contributed by atoms with E-state index in [0.29, 0.717) is 0 Å². The maximum atomic E-state index is 3.64. The van der Waals surface area contributed by atoms with E-state index in [0.717, 1.165) is 24.9 Å². The molecule has 1 aromatic carbocycles. The van der Waals surface area contributed by atoms with Crippen LogP contribution in [0.3, 0.4) is 0 Å². The van der Waals surface area contributed by atoms with Crippen molar-refractivity contribution in [1.29, 1.82) is 0 Å². The summed E-state index contributed by atoms with van der Waals surface area (Å²) in [5.74, 6) is 0.978. The van der Waals surface area contributed by atoms with Crippen LogP contribution in [0.15, 0.2) is 30.3 Å². The van der Waals surface area contributed by atoms with Gasteiger partial charge in [-0.15, -0.1) is 0 Å². The number of nitrogens with one attached hydrogen (secondary N) is 1. The molecule has 2 atom stereocenters. The van der Waals surface area contributed by atoms with E-state index in [1.165, 1.54) is 24.8 Å². The zero-order valence-corrected chi connectivity index (χ0v) is 9.58. The van der Waals surface area contributed by atoms with Gasteiger partial charge in [0.25, 0.3) is 0 Å². The first-order chi connectivity index (χ1) is 7.40. The van der Waals surface area contributed by atoms with E-state index in [-0.39, 0.29) is 0 Å². The van der Waals surface area contributed by atoms with Crippen molar-refractivity contribution < 1.29 is 0 Å². The third-order valence-corrected chi connectivity index (χ3v) is 3.25. The van der Waals surface area contributed by atoms with Crippen molar-refractivity contribution in [3.63, 3.8) is 0 Å². The van der Waals surface area contributed by atoms with E-state index in [2.05, 4.69) is 42.6 Å². The van der Waals surface area contributed by atoms with Crippen LogP contribution in [0.5, 0.6) is 0 Å². The van der Waals surface area contributed by atoms with Gasteiger partial charge >= 0.3 is 0 Å². The Morgan fingerprint density at radius 2 is 2.07 bits per heavy atom. The summed E-state index contributed by atoms with van der Waals surface area (Å²) < 4.78 is 0. The average Bonchev–Trinajstić information content (AvgIpc) is 2.99. The second kappa shape index (κ2) is 5.32. The van der Waals surface area contributed by atoms with Crippen molar-refractivity contribution >= 4 is 0 Å². The fourth-order valence-electron chi connectivity index (χ4n) is 2.23. The van der Waals surface area contributed by atoms with Gasteiger partial charge in [-0.05, 0) is 37.3 Å². The van der Waals surface area contributed by atoms with E-state index >= 15 is 0 Å². The van der Waals surface area contributed by atoms with Crippen LogP contribution < -0.4 is 5.32 Å². The van der Waals surface area contributed by atoms with E-state index in [9.17, 15) is 0 Å². The highest BCUT2D eigenvalue weighted by atomic mass is 15.0. The van der Waals surface area contributed by atoms with Crippen molar-refractivity contribution in [2.45, 2.75) is 38.6 Å². The Morgan fingerprint density at radius 1 is 1.27 bits per heavy atom. The largest absolute Gasteiger partial charge is 0.313 e. The Bertz CT molecular complexity index is 281. The number of benzene rings is 1. The topological polar surface area (TPSA) is 12.0 Å². The maximum absolute atomic E-state index is 3.64. The molecule has 0 spiro atoms. The van der Waals surface area contributed by atoms with Gasteiger partial charge in [0, 0.05) is 6.04 Å². The summed E-state index contributed by atoms with van der Waals surface area (Å²) >= 11 is 0. The van der Waals surface area contributed by atoms with Gasteiger partial charge in [0.2, 0.25) is 0 Å². The summed E-state index contributed by atoms with van der Waals surface area (Å²) in [5.41, 5.74) is 1.44. The third-order valence-electron chi connectivity index (χ3n) is 3.25. The minimum atomic E-state index is 0.827. The zero-order chi connectivity index (χ0) is 10.5. The molecule has 0 amide bonds. The second-order valence-corrected chi connectivity index (χ2v) is 4.58. The van der Waals surface area contributed by atoms with E-state index in [1.807, 2.05) is 0 Å². The summed E-state index contributed by atoms with van der Waals surface area (Å²) in [6.07, 6.45) is 5.31. The highest BCUT2D eigenvalue weighted by Crippen LogP contribution is 2.34. The molecular weight excluding hydrogens is 182 g/mol. The molecule has 2 unspecified atom stereocenters. The first-order valence-electron chi connectivity index (χ1n) is 6.17. The van der Waals surface area contributed by atoms with Crippen LogP contribution in [-0.2, 0) is 6.42 Å². The molecule has 0 aliphatic heterocycles. The van der Waals surface area contributed by atoms with Crippen molar-refractivity contribution in [1.82, 2.24) is 5.32 Å². The van der Waals surface area contributed by atoms with Crippen molar-refractivity contribution in [2.24, 2.45) is 5.92 Å². The van der Waals surface area contributed by atoms with Crippen LogP contribution >= 0.6 is 0 Å². The number of hydrogen-bond donors (Lipinski definition) is 1. The van der Waals surface area contributed by atoms with Gasteiger partial charge in [0.05, 0.1) is 0 Å². The normalized spacial score (nSPS) is 24.1. The lowest BCUT2D eigenvalue weighted by molar-refractivity contribution is 0.600. The lowest BCUT2D eigenvalue weighted by atomic mass is 10.1. The molecule has 0 heterocycles. The predicted molar refractivity (Wildman–Crippen MR) is 65.0 cm³/mol. The SMILES string of the molecule is CCCC1CC1NCCc1ccccc1.